The van der Waals surface area contributed by atoms with E-state index in [9.17, 15) is 18.0 Å². The first-order valence-electron chi connectivity index (χ1n) is 7.54. The molecule has 0 saturated carbocycles. The minimum Gasteiger partial charge on any atom is -0.449 e. The smallest absolute Gasteiger partial charge is 0.325 e. The van der Waals surface area contributed by atoms with E-state index in [1.807, 2.05) is 0 Å². The quantitative estimate of drug-likeness (QED) is 0.589. The number of esters is 1. The molecule has 2 rings (SSSR count). The van der Waals surface area contributed by atoms with E-state index in [1.165, 1.54) is 31.2 Å². The van der Waals surface area contributed by atoms with Crippen molar-refractivity contribution in [1.82, 2.24) is 4.31 Å². The maximum atomic E-state index is 12.8. The molecule has 0 bridgehead atoms. The number of hydrogen-bond acceptors (Lipinski definition) is 6. The van der Waals surface area contributed by atoms with Crippen molar-refractivity contribution >= 4 is 21.8 Å². The second-order valence-corrected chi connectivity index (χ2v) is 7.36. The Labute approximate surface area is 140 Å². The summed E-state index contributed by atoms with van der Waals surface area (Å²) < 4.78 is 31.6. The molecule has 24 heavy (non-hydrogen) atoms. The molecule has 1 atom stereocenters. The average Bonchev–Trinajstić information content (AvgIpc) is 2.59. The highest BCUT2D eigenvalue weighted by Gasteiger charge is 2.38. The molecule has 0 spiro atoms. The molecule has 0 unspecified atom stereocenters. The summed E-state index contributed by atoms with van der Waals surface area (Å²) >= 11 is 0. The number of hydrogen-bond donors (Lipinski definition) is 0. The Balaban J connectivity index is 2.29. The number of nitrogens with zero attached hydrogens (tertiary/aromatic N) is 2. The summed E-state index contributed by atoms with van der Waals surface area (Å²) in [6.07, 6.45) is 1.71. The molecule has 0 N–H and O–H groups in total. The second kappa shape index (κ2) is 7.55. The first kappa shape index (κ1) is 18.1. The number of carbonyl (C=O) groups excluding carboxylic acids is 2. The topological polar surface area (TPSA) is 105 Å². The number of piperidine rings is 1. The number of rotatable bonds is 5. The Morgan fingerprint density at radius 2 is 1.96 bits per heavy atom. The highest BCUT2D eigenvalue weighted by molar-refractivity contribution is 7.89. The van der Waals surface area contributed by atoms with Gasteiger partial charge < -0.3 is 4.74 Å². The van der Waals surface area contributed by atoms with E-state index in [1.54, 1.807) is 6.07 Å². The Hall–Kier alpha value is -2.24. The van der Waals surface area contributed by atoms with E-state index >= 15 is 0 Å². The summed E-state index contributed by atoms with van der Waals surface area (Å²) in [7, 11) is -3.89. The highest BCUT2D eigenvalue weighted by atomic mass is 32.2. The molecular formula is C16H18N2O5S. The number of ether oxygens (including phenoxy) is 1. The van der Waals surface area contributed by atoms with Crippen molar-refractivity contribution < 1.29 is 22.7 Å². The molecule has 1 fully saturated rings. The molecule has 1 aliphatic heterocycles. The molecule has 1 aliphatic rings. The third kappa shape index (κ3) is 3.80. The van der Waals surface area contributed by atoms with Crippen LogP contribution in [0.5, 0.6) is 0 Å². The number of benzene rings is 1. The van der Waals surface area contributed by atoms with Gasteiger partial charge in [0.1, 0.15) is 12.1 Å². The predicted octanol–water partition coefficient (Wildman–Crippen LogP) is 1.50. The molecule has 1 heterocycles. The summed E-state index contributed by atoms with van der Waals surface area (Å²) in [5.74, 6) is -0.866. The summed E-state index contributed by atoms with van der Waals surface area (Å²) in [5.41, 5.74) is 0.414. The zero-order chi connectivity index (χ0) is 17.7. The van der Waals surface area contributed by atoms with E-state index in [0.29, 0.717) is 24.8 Å². The number of nitriles is 1. The first-order chi connectivity index (χ1) is 11.4. The Bertz CT molecular complexity index is 765. The third-order valence-corrected chi connectivity index (χ3v) is 5.79. The molecule has 1 saturated heterocycles. The van der Waals surface area contributed by atoms with Crippen LogP contribution in [0.4, 0.5) is 0 Å². The van der Waals surface area contributed by atoms with Crippen molar-refractivity contribution in [3.05, 3.63) is 29.8 Å². The maximum Gasteiger partial charge on any atom is 0.325 e. The Kier molecular flexibility index (Phi) is 5.70. The minimum absolute atomic E-state index is 0.0208. The molecule has 8 heteroatoms. The lowest BCUT2D eigenvalue weighted by Gasteiger charge is -2.32. The summed E-state index contributed by atoms with van der Waals surface area (Å²) in [4.78, 5) is 23.4. The Morgan fingerprint density at radius 3 is 2.54 bits per heavy atom. The van der Waals surface area contributed by atoms with Gasteiger partial charge in [0, 0.05) is 12.1 Å². The number of ketones is 1. The summed E-state index contributed by atoms with van der Waals surface area (Å²) in [6, 6.07) is 6.38. The van der Waals surface area contributed by atoms with Gasteiger partial charge in [-0.05, 0) is 38.3 Å². The van der Waals surface area contributed by atoms with Crippen molar-refractivity contribution in [2.45, 2.75) is 37.1 Å². The van der Waals surface area contributed by atoms with Crippen LogP contribution in [0, 0.1) is 11.3 Å². The maximum absolute atomic E-state index is 12.8. The van der Waals surface area contributed by atoms with Gasteiger partial charge in [0.15, 0.2) is 12.4 Å². The fourth-order valence-electron chi connectivity index (χ4n) is 2.62. The van der Waals surface area contributed by atoms with Crippen molar-refractivity contribution in [2.75, 3.05) is 13.2 Å². The van der Waals surface area contributed by atoms with Gasteiger partial charge in [-0.15, -0.1) is 0 Å². The van der Waals surface area contributed by atoms with Crippen LogP contribution in [0.1, 0.15) is 36.5 Å². The van der Waals surface area contributed by atoms with Crippen molar-refractivity contribution in [3.63, 3.8) is 0 Å². The third-order valence-electron chi connectivity index (χ3n) is 3.87. The van der Waals surface area contributed by atoms with Crippen LogP contribution in [-0.4, -0.2) is 43.7 Å². The number of sulfonamides is 1. The lowest BCUT2D eigenvalue weighted by molar-refractivity contribution is -0.147. The normalized spacial score (nSPS) is 18.6. The van der Waals surface area contributed by atoms with Gasteiger partial charge in [-0.1, -0.05) is 12.1 Å². The van der Waals surface area contributed by atoms with Crippen LogP contribution in [0.25, 0.3) is 0 Å². The second-order valence-electron chi connectivity index (χ2n) is 5.47. The fourth-order valence-corrected chi connectivity index (χ4v) is 4.27. The summed E-state index contributed by atoms with van der Waals surface area (Å²) in [6.45, 7) is 1.20. The van der Waals surface area contributed by atoms with E-state index < -0.39 is 28.6 Å². The van der Waals surface area contributed by atoms with Crippen LogP contribution < -0.4 is 0 Å². The van der Waals surface area contributed by atoms with Crippen molar-refractivity contribution in [2.24, 2.45) is 0 Å². The molecule has 0 radical (unpaired) electrons. The van der Waals surface area contributed by atoms with E-state index in [-0.39, 0.29) is 17.2 Å². The highest BCUT2D eigenvalue weighted by Crippen LogP contribution is 2.26. The van der Waals surface area contributed by atoms with E-state index in [4.69, 9.17) is 10.00 Å². The summed E-state index contributed by atoms with van der Waals surface area (Å²) in [5, 5.41) is 8.50. The zero-order valence-corrected chi connectivity index (χ0v) is 14.1. The number of Topliss-reactive ketones (excluding diaryl/α,β-unsaturated/α-hetero) is 1. The SMILES string of the molecule is CC(=O)c1ccc(S(=O)(=O)N2CCCC[C@H]2C(=O)OCC#N)cc1. The van der Waals surface area contributed by atoms with Crippen LogP contribution >= 0.6 is 0 Å². The van der Waals surface area contributed by atoms with E-state index in [0.717, 1.165) is 4.31 Å². The van der Waals surface area contributed by atoms with Crippen LogP contribution in [-0.2, 0) is 19.6 Å². The fraction of sp³-hybridized carbons (Fsp3) is 0.438. The van der Waals surface area contributed by atoms with Crippen molar-refractivity contribution in [3.8, 4) is 6.07 Å². The van der Waals surface area contributed by atoms with Crippen LogP contribution in [0.15, 0.2) is 29.2 Å². The van der Waals surface area contributed by atoms with E-state index in [2.05, 4.69) is 0 Å². The molecule has 0 amide bonds. The number of carbonyl (C=O) groups is 2. The van der Waals surface area contributed by atoms with Crippen LogP contribution in [0.2, 0.25) is 0 Å². The van der Waals surface area contributed by atoms with Gasteiger partial charge in [0.05, 0.1) is 4.90 Å². The molecule has 0 aromatic heterocycles. The minimum atomic E-state index is -3.89. The largest absolute Gasteiger partial charge is 0.449 e. The average molecular weight is 350 g/mol. The monoisotopic (exact) mass is 350 g/mol. The Morgan fingerprint density at radius 1 is 1.29 bits per heavy atom. The molecule has 7 nitrogen and oxygen atoms in total. The van der Waals surface area contributed by atoms with Gasteiger partial charge in [-0.3, -0.25) is 9.59 Å². The molecule has 128 valence electrons. The lowest BCUT2D eigenvalue weighted by atomic mass is 10.1. The lowest BCUT2D eigenvalue weighted by Crippen LogP contribution is -2.48. The molecular weight excluding hydrogens is 332 g/mol. The zero-order valence-electron chi connectivity index (χ0n) is 13.3. The standard InChI is InChI=1S/C16H18N2O5S/c1-12(19)13-5-7-14(8-6-13)24(21,22)18-10-3-2-4-15(18)16(20)23-11-9-17/h5-8,15H,2-4,10-11H2,1H3/t15-/m0/s1. The first-order valence-corrected chi connectivity index (χ1v) is 8.98. The molecule has 1 aromatic carbocycles. The van der Waals surface area contributed by atoms with Gasteiger partial charge in [0.2, 0.25) is 10.0 Å². The van der Waals surface area contributed by atoms with Gasteiger partial charge in [0.25, 0.3) is 0 Å². The molecule has 0 aliphatic carbocycles. The van der Waals surface area contributed by atoms with Gasteiger partial charge in [-0.25, -0.2) is 8.42 Å². The predicted molar refractivity (Wildman–Crippen MR) is 84.5 cm³/mol. The van der Waals surface area contributed by atoms with Gasteiger partial charge >= 0.3 is 5.97 Å². The van der Waals surface area contributed by atoms with Gasteiger partial charge in [-0.2, -0.15) is 9.57 Å². The van der Waals surface area contributed by atoms with Crippen LogP contribution in [0.3, 0.4) is 0 Å². The molecule has 1 aromatic rings. The van der Waals surface area contributed by atoms with Crippen molar-refractivity contribution in [1.29, 1.82) is 5.26 Å².